The summed E-state index contributed by atoms with van der Waals surface area (Å²) in [4.78, 5) is 23.8. The summed E-state index contributed by atoms with van der Waals surface area (Å²) in [6.07, 6.45) is 0. The molecule has 3 aromatic rings. The van der Waals surface area contributed by atoms with Crippen LogP contribution in [0, 0.1) is 17.0 Å². The fourth-order valence-corrected chi connectivity index (χ4v) is 3.26. The Morgan fingerprint density at radius 1 is 1.00 bits per heavy atom. The molecule has 27 heavy (non-hydrogen) atoms. The van der Waals surface area contributed by atoms with E-state index < -0.39 is 10.8 Å². The Morgan fingerprint density at radius 2 is 1.59 bits per heavy atom. The molecule has 0 radical (unpaired) electrons. The lowest BCUT2D eigenvalue weighted by atomic mass is 9.87. The fourth-order valence-electron chi connectivity index (χ4n) is 3.26. The molecule has 1 aliphatic heterocycles. The van der Waals surface area contributed by atoms with Crippen LogP contribution in [0.1, 0.15) is 22.6 Å². The van der Waals surface area contributed by atoms with Gasteiger partial charge in [-0.2, -0.15) is 0 Å². The second-order valence-corrected chi connectivity index (χ2v) is 6.36. The van der Waals surface area contributed by atoms with Gasteiger partial charge in [-0.15, -0.1) is 0 Å². The summed E-state index contributed by atoms with van der Waals surface area (Å²) in [5.41, 5.74) is 2.63. The van der Waals surface area contributed by atoms with E-state index in [0.717, 1.165) is 16.7 Å². The number of nitrogens with zero attached hydrogens (tertiary/aromatic N) is 1. The number of benzene rings is 3. The Kier molecular flexibility index (Phi) is 4.08. The first-order chi connectivity index (χ1) is 13.0. The van der Waals surface area contributed by atoms with E-state index in [1.165, 1.54) is 12.1 Å². The van der Waals surface area contributed by atoms with Gasteiger partial charge < -0.3 is 10.1 Å². The van der Waals surface area contributed by atoms with Gasteiger partial charge in [0.15, 0.2) is 0 Å². The molecule has 0 aliphatic carbocycles. The Hall–Kier alpha value is -3.67. The predicted octanol–water partition coefficient (Wildman–Crippen LogP) is 4.78. The second kappa shape index (κ2) is 6.57. The number of hydrogen-bond donors (Lipinski definition) is 1. The van der Waals surface area contributed by atoms with Gasteiger partial charge in [0, 0.05) is 23.3 Å². The third-order valence-electron chi connectivity index (χ3n) is 4.63. The lowest BCUT2D eigenvalue weighted by Crippen LogP contribution is -2.25. The molecule has 3 aromatic carbocycles. The first kappa shape index (κ1) is 16.8. The highest BCUT2D eigenvalue weighted by Crippen LogP contribution is 2.44. The molecule has 0 atom stereocenters. The van der Waals surface area contributed by atoms with E-state index in [-0.39, 0.29) is 11.6 Å². The first-order valence-corrected chi connectivity index (χ1v) is 8.46. The zero-order valence-corrected chi connectivity index (χ0v) is 14.5. The van der Waals surface area contributed by atoms with Crippen LogP contribution in [0.3, 0.4) is 0 Å². The number of nitro benzene ring substituents is 1. The number of hydrogen-bond acceptors (Lipinski definition) is 4. The molecule has 0 spiro atoms. The van der Waals surface area contributed by atoms with E-state index in [1.807, 2.05) is 48.5 Å². The van der Waals surface area contributed by atoms with Gasteiger partial charge in [0.1, 0.15) is 11.5 Å². The molecule has 0 saturated heterocycles. The molecule has 1 heterocycles. The van der Waals surface area contributed by atoms with E-state index in [4.69, 9.17) is 4.74 Å². The van der Waals surface area contributed by atoms with Gasteiger partial charge in [-0.05, 0) is 24.6 Å². The number of aryl methyl sites for hydroxylation is 1. The molecule has 1 amide bonds. The largest absolute Gasteiger partial charge is 0.457 e. The minimum absolute atomic E-state index is 0.0660. The van der Waals surface area contributed by atoms with Gasteiger partial charge in [0.05, 0.1) is 16.5 Å². The highest BCUT2D eigenvalue weighted by molar-refractivity contribution is 6.00. The van der Waals surface area contributed by atoms with Crippen LogP contribution in [-0.2, 0) is 4.79 Å². The lowest BCUT2D eigenvalue weighted by Gasteiger charge is -2.27. The highest BCUT2D eigenvalue weighted by Gasteiger charge is 2.32. The SMILES string of the molecule is Cc1ccc([N+](=O)[O-])cc1NC(=O)C1c2ccccc2Oc2ccccc21. The maximum atomic E-state index is 13.2. The summed E-state index contributed by atoms with van der Waals surface area (Å²) in [5.74, 6) is 0.436. The minimum Gasteiger partial charge on any atom is -0.457 e. The maximum Gasteiger partial charge on any atom is 0.271 e. The monoisotopic (exact) mass is 360 g/mol. The topological polar surface area (TPSA) is 81.5 Å². The summed E-state index contributed by atoms with van der Waals surface area (Å²) in [5, 5.41) is 13.9. The van der Waals surface area contributed by atoms with Gasteiger partial charge in [-0.25, -0.2) is 0 Å². The van der Waals surface area contributed by atoms with Crippen molar-refractivity contribution >= 4 is 17.3 Å². The molecule has 1 N–H and O–H groups in total. The second-order valence-electron chi connectivity index (χ2n) is 6.36. The van der Waals surface area contributed by atoms with Crippen molar-refractivity contribution in [2.75, 3.05) is 5.32 Å². The lowest BCUT2D eigenvalue weighted by molar-refractivity contribution is -0.384. The number of amides is 1. The summed E-state index contributed by atoms with van der Waals surface area (Å²) in [6.45, 7) is 1.80. The number of non-ortho nitro benzene ring substituents is 1. The van der Waals surface area contributed by atoms with Crippen LogP contribution < -0.4 is 10.1 Å². The molecule has 0 unspecified atom stereocenters. The molecule has 0 bridgehead atoms. The number of carbonyl (C=O) groups is 1. The number of nitro groups is 1. The Balaban J connectivity index is 1.75. The molecular formula is C21H16N2O4. The highest BCUT2D eigenvalue weighted by atomic mass is 16.6. The van der Waals surface area contributed by atoms with Crippen LogP contribution in [0.25, 0.3) is 0 Å². The van der Waals surface area contributed by atoms with Crippen molar-refractivity contribution in [3.05, 3.63) is 93.5 Å². The third-order valence-corrected chi connectivity index (χ3v) is 4.63. The number of para-hydroxylation sites is 2. The van der Waals surface area contributed by atoms with E-state index in [9.17, 15) is 14.9 Å². The van der Waals surface area contributed by atoms with Crippen LogP contribution in [-0.4, -0.2) is 10.8 Å². The Morgan fingerprint density at radius 3 is 2.19 bits per heavy atom. The molecular weight excluding hydrogens is 344 g/mol. The number of anilines is 1. The van der Waals surface area contributed by atoms with E-state index >= 15 is 0 Å². The van der Waals surface area contributed by atoms with Crippen molar-refractivity contribution in [2.24, 2.45) is 0 Å². The van der Waals surface area contributed by atoms with Crippen molar-refractivity contribution in [3.8, 4) is 11.5 Å². The molecule has 0 aromatic heterocycles. The van der Waals surface area contributed by atoms with Crippen LogP contribution in [0.4, 0.5) is 11.4 Å². The molecule has 0 saturated carbocycles. The third kappa shape index (κ3) is 3.01. The molecule has 6 nitrogen and oxygen atoms in total. The van der Waals surface area contributed by atoms with Crippen molar-refractivity contribution in [2.45, 2.75) is 12.8 Å². The number of ether oxygens (including phenoxy) is 1. The van der Waals surface area contributed by atoms with Crippen LogP contribution in [0.5, 0.6) is 11.5 Å². The number of nitrogens with one attached hydrogen (secondary N) is 1. The van der Waals surface area contributed by atoms with Gasteiger partial charge in [0.25, 0.3) is 5.69 Å². The van der Waals surface area contributed by atoms with E-state index in [0.29, 0.717) is 17.2 Å². The van der Waals surface area contributed by atoms with Gasteiger partial charge in [0.2, 0.25) is 5.91 Å². The van der Waals surface area contributed by atoms with E-state index in [1.54, 1.807) is 13.0 Å². The average molecular weight is 360 g/mol. The number of carbonyl (C=O) groups excluding carboxylic acids is 1. The summed E-state index contributed by atoms with van der Waals surface area (Å²) in [6, 6.07) is 19.2. The normalized spacial score (nSPS) is 12.5. The minimum atomic E-state index is -0.565. The van der Waals surface area contributed by atoms with Crippen LogP contribution in [0.2, 0.25) is 0 Å². The first-order valence-electron chi connectivity index (χ1n) is 8.46. The van der Waals surface area contributed by atoms with Gasteiger partial charge in [-0.1, -0.05) is 42.5 Å². The fraction of sp³-hybridized carbons (Fsp3) is 0.0952. The van der Waals surface area contributed by atoms with Gasteiger partial charge in [-0.3, -0.25) is 14.9 Å². The quantitative estimate of drug-likeness (QED) is 0.538. The summed E-state index contributed by atoms with van der Waals surface area (Å²) < 4.78 is 5.91. The van der Waals surface area contributed by atoms with Crippen molar-refractivity contribution in [1.82, 2.24) is 0 Å². The predicted molar refractivity (Wildman–Crippen MR) is 101 cm³/mol. The molecule has 1 aliphatic rings. The average Bonchev–Trinajstić information content (AvgIpc) is 2.67. The van der Waals surface area contributed by atoms with Crippen molar-refractivity contribution < 1.29 is 14.5 Å². The van der Waals surface area contributed by atoms with Gasteiger partial charge >= 0.3 is 0 Å². The van der Waals surface area contributed by atoms with Crippen molar-refractivity contribution in [1.29, 1.82) is 0 Å². The molecule has 6 heteroatoms. The zero-order valence-electron chi connectivity index (χ0n) is 14.5. The summed E-state index contributed by atoms with van der Waals surface area (Å²) in [7, 11) is 0. The Labute approximate surface area is 155 Å². The molecule has 4 rings (SSSR count). The van der Waals surface area contributed by atoms with Crippen molar-refractivity contribution in [3.63, 3.8) is 0 Å². The Bertz CT molecular complexity index is 1020. The number of rotatable bonds is 3. The number of fused-ring (bicyclic) bond motifs is 2. The maximum absolute atomic E-state index is 13.2. The standard InChI is InChI=1S/C21H16N2O4/c1-13-10-11-14(23(25)26)12-17(13)22-21(24)20-15-6-2-4-8-18(15)27-19-9-5-3-7-16(19)20/h2-12,20H,1H3,(H,22,24). The smallest absolute Gasteiger partial charge is 0.271 e. The molecule has 0 fully saturated rings. The molecule has 134 valence electrons. The van der Waals surface area contributed by atoms with E-state index in [2.05, 4.69) is 5.32 Å². The van der Waals surface area contributed by atoms with Crippen LogP contribution >= 0.6 is 0 Å². The summed E-state index contributed by atoms with van der Waals surface area (Å²) >= 11 is 0. The van der Waals surface area contributed by atoms with Crippen LogP contribution in [0.15, 0.2) is 66.7 Å². The zero-order chi connectivity index (χ0) is 19.0.